The lowest BCUT2D eigenvalue weighted by atomic mass is 10.1. The summed E-state index contributed by atoms with van der Waals surface area (Å²) in [5.41, 5.74) is 7.91. The summed E-state index contributed by atoms with van der Waals surface area (Å²) < 4.78 is 5.12. The van der Waals surface area contributed by atoms with Crippen molar-refractivity contribution in [3.63, 3.8) is 0 Å². The minimum absolute atomic E-state index is 0.531. The van der Waals surface area contributed by atoms with Crippen LogP contribution < -0.4 is 11.1 Å². The van der Waals surface area contributed by atoms with Gasteiger partial charge in [0, 0.05) is 18.7 Å². The Balaban J connectivity index is 2.19. The number of nitrogens with two attached hydrogens (primary N) is 1. The summed E-state index contributed by atoms with van der Waals surface area (Å²) in [6.45, 7) is 7.66. The molecule has 0 atom stereocenters. The molecule has 0 fully saturated rings. The third-order valence-corrected chi connectivity index (χ3v) is 3.16. The first-order valence-corrected chi connectivity index (χ1v) is 7.10. The molecule has 0 saturated heterocycles. The zero-order chi connectivity index (χ0) is 14.1. The van der Waals surface area contributed by atoms with Gasteiger partial charge in [-0.15, -0.1) is 0 Å². The minimum Gasteiger partial charge on any atom is -0.370 e. The molecule has 1 aromatic rings. The molecule has 0 aliphatic rings. The van der Waals surface area contributed by atoms with Gasteiger partial charge in [-0.05, 0) is 26.7 Å². The van der Waals surface area contributed by atoms with E-state index in [-0.39, 0.29) is 0 Å². The van der Waals surface area contributed by atoms with Crippen molar-refractivity contribution >= 4 is 5.96 Å². The van der Waals surface area contributed by atoms with E-state index in [4.69, 9.17) is 10.3 Å². The van der Waals surface area contributed by atoms with Gasteiger partial charge in [-0.25, -0.2) is 0 Å². The molecule has 5 nitrogen and oxygen atoms in total. The average Bonchev–Trinajstić information content (AvgIpc) is 2.70. The maximum absolute atomic E-state index is 5.80. The van der Waals surface area contributed by atoms with Gasteiger partial charge in [-0.2, -0.15) is 0 Å². The van der Waals surface area contributed by atoms with Gasteiger partial charge in [0.2, 0.25) is 0 Å². The highest BCUT2D eigenvalue weighted by molar-refractivity contribution is 5.77. The second kappa shape index (κ2) is 8.56. The van der Waals surface area contributed by atoms with E-state index < -0.39 is 0 Å². The van der Waals surface area contributed by atoms with Gasteiger partial charge in [0.1, 0.15) is 5.76 Å². The second-order valence-corrected chi connectivity index (χ2v) is 4.81. The standard InChI is InChI=1S/C14H26N4O/c1-4-5-6-7-9-16-14(15)17-10-8-13-11(2)18-19-12(13)3/h4-10H2,1-3H3,(H3,15,16,17). The number of nitrogens with zero attached hydrogens (tertiary/aromatic N) is 2. The smallest absolute Gasteiger partial charge is 0.188 e. The lowest BCUT2D eigenvalue weighted by Crippen LogP contribution is -2.33. The van der Waals surface area contributed by atoms with Crippen molar-refractivity contribution in [1.29, 1.82) is 0 Å². The van der Waals surface area contributed by atoms with Crippen LogP contribution in [0.4, 0.5) is 0 Å². The number of rotatable bonds is 8. The molecule has 0 aliphatic carbocycles. The molecule has 0 radical (unpaired) electrons. The third kappa shape index (κ3) is 5.77. The zero-order valence-corrected chi connectivity index (χ0v) is 12.3. The van der Waals surface area contributed by atoms with E-state index >= 15 is 0 Å². The first-order chi connectivity index (χ1) is 9.15. The van der Waals surface area contributed by atoms with Gasteiger partial charge in [0.15, 0.2) is 5.96 Å². The molecular formula is C14H26N4O. The van der Waals surface area contributed by atoms with Crippen molar-refractivity contribution in [2.45, 2.75) is 52.9 Å². The van der Waals surface area contributed by atoms with Crippen molar-refractivity contribution in [2.75, 3.05) is 13.1 Å². The number of aliphatic imine (C=N–C) groups is 1. The number of hydrogen-bond acceptors (Lipinski definition) is 3. The Morgan fingerprint density at radius 3 is 2.74 bits per heavy atom. The van der Waals surface area contributed by atoms with Gasteiger partial charge in [0.25, 0.3) is 0 Å². The van der Waals surface area contributed by atoms with E-state index in [9.17, 15) is 0 Å². The Kier molecular flexibility index (Phi) is 7.00. The van der Waals surface area contributed by atoms with E-state index in [1.54, 1.807) is 0 Å². The summed E-state index contributed by atoms with van der Waals surface area (Å²) in [5, 5.41) is 7.05. The van der Waals surface area contributed by atoms with Crippen molar-refractivity contribution in [1.82, 2.24) is 10.5 Å². The van der Waals surface area contributed by atoms with E-state index in [0.717, 1.165) is 42.9 Å². The predicted octanol–water partition coefficient (Wildman–Crippen LogP) is 2.32. The van der Waals surface area contributed by atoms with E-state index in [0.29, 0.717) is 5.96 Å². The number of aromatic nitrogens is 1. The fourth-order valence-corrected chi connectivity index (χ4v) is 1.97. The van der Waals surface area contributed by atoms with Crippen LogP contribution in [0.3, 0.4) is 0 Å². The van der Waals surface area contributed by atoms with Gasteiger partial charge in [0.05, 0.1) is 5.69 Å². The summed E-state index contributed by atoms with van der Waals surface area (Å²) in [4.78, 5) is 4.30. The molecule has 0 aliphatic heterocycles. The fraction of sp³-hybridized carbons (Fsp3) is 0.714. The topological polar surface area (TPSA) is 76.4 Å². The highest BCUT2D eigenvalue weighted by atomic mass is 16.5. The van der Waals surface area contributed by atoms with Crippen LogP contribution in [0.1, 0.15) is 49.6 Å². The molecule has 0 spiro atoms. The normalized spacial score (nSPS) is 11.8. The molecule has 0 saturated carbocycles. The molecule has 1 rings (SSSR count). The van der Waals surface area contributed by atoms with Gasteiger partial charge in [-0.3, -0.25) is 4.99 Å². The van der Waals surface area contributed by atoms with E-state index in [1.165, 1.54) is 19.3 Å². The summed E-state index contributed by atoms with van der Waals surface area (Å²) in [6.07, 6.45) is 5.71. The summed E-state index contributed by atoms with van der Waals surface area (Å²) >= 11 is 0. The summed E-state index contributed by atoms with van der Waals surface area (Å²) in [6, 6.07) is 0. The average molecular weight is 266 g/mol. The predicted molar refractivity (Wildman–Crippen MR) is 78.3 cm³/mol. The molecule has 0 bridgehead atoms. The SMILES string of the molecule is CCCCCCN=C(N)NCCc1c(C)noc1C. The van der Waals surface area contributed by atoms with Crippen molar-refractivity contribution in [3.8, 4) is 0 Å². The van der Waals surface area contributed by atoms with Crippen LogP contribution in [-0.2, 0) is 6.42 Å². The van der Waals surface area contributed by atoms with Gasteiger partial charge >= 0.3 is 0 Å². The van der Waals surface area contributed by atoms with Crippen LogP contribution in [0.5, 0.6) is 0 Å². The highest BCUT2D eigenvalue weighted by Crippen LogP contribution is 2.11. The molecule has 3 N–H and O–H groups in total. The summed E-state index contributed by atoms with van der Waals surface area (Å²) in [7, 11) is 0. The number of guanidine groups is 1. The van der Waals surface area contributed by atoms with Crippen molar-refractivity contribution in [3.05, 3.63) is 17.0 Å². The van der Waals surface area contributed by atoms with Crippen LogP contribution in [0.25, 0.3) is 0 Å². The van der Waals surface area contributed by atoms with E-state index in [2.05, 4.69) is 22.4 Å². The minimum atomic E-state index is 0.531. The van der Waals surface area contributed by atoms with Crippen molar-refractivity contribution < 1.29 is 4.52 Å². The van der Waals surface area contributed by atoms with Crippen LogP contribution in [0, 0.1) is 13.8 Å². The largest absolute Gasteiger partial charge is 0.370 e. The number of aryl methyl sites for hydroxylation is 2. The number of nitrogens with one attached hydrogen (secondary N) is 1. The fourth-order valence-electron chi connectivity index (χ4n) is 1.97. The first-order valence-electron chi connectivity index (χ1n) is 7.10. The maximum Gasteiger partial charge on any atom is 0.188 e. The lowest BCUT2D eigenvalue weighted by molar-refractivity contribution is 0.392. The van der Waals surface area contributed by atoms with Gasteiger partial charge < -0.3 is 15.6 Å². The zero-order valence-electron chi connectivity index (χ0n) is 12.3. The molecular weight excluding hydrogens is 240 g/mol. The molecule has 0 amide bonds. The highest BCUT2D eigenvalue weighted by Gasteiger charge is 2.07. The molecule has 0 unspecified atom stereocenters. The maximum atomic E-state index is 5.80. The summed E-state index contributed by atoms with van der Waals surface area (Å²) in [5.74, 6) is 1.41. The molecule has 1 heterocycles. The first kappa shape index (κ1) is 15.5. The Labute approximate surface area is 115 Å². The molecule has 19 heavy (non-hydrogen) atoms. The second-order valence-electron chi connectivity index (χ2n) is 4.81. The Hall–Kier alpha value is -1.52. The monoisotopic (exact) mass is 266 g/mol. The molecule has 1 aromatic heterocycles. The molecule has 0 aromatic carbocycles. The number of unbranched alkanes of at least 4 members (excludes halogenated alkanes) is 3. The van der Waals surface area contributed by atoms with Crippen LogP contribution in [-0.4, -0.2) is 24.2 Å². The van der Waals surface area contributed by atoms with Gasteiger partial charge in [-0.1, -0.05) is 31.3 Å². The number of hydrogen-bond donors (Lipinski definition) is 2. The van der Waals surface area contributed by atoms with Crippen LogP contribution >= 0.6 is 0 Å². The Bertz CT molecular complexity index is 379. The molecule has 5 heteroatoms. The van der Waals surface area contributed by atoms with Crippen LogP contribution in [0.15, 0.2) is 9.52 Å². The van der Waals surface area contributed by atoms with E-state index in [1.807, 2.05) is 13.8 Å². The lowest BCUT2D eigenvalue weighted by Gasteiger charge is -2.05. The Morgan fingerprint density at radius 2 is 2.11 bits per heavy atom. The third-order valence-electron chi connectivity index (χ3n) is 3.16. The quantitative estimate of drug-likeness (QED) is 0.430. The Morgan fingerprint density at radius 1 is 1.32 bits per heavy atom. The molecule has 108 valence electrons. The van der Waals surface area contributed by atoms with Crippen LogP contribution in [0.2, 0.25) is 0 Å². The van der Waals surface area contributed by atoms with Crippen molar-refractivity contribution in [2.24, 2.45) is 10.7 Å².